The molecule has 0 atom stereocenters. The van der Waals surface area contributed by atoms with Crippen LogP contribution in [0.1, 0.15) is 0 Å². The molecule has 27 heavy (non-hydrogen) atoms. The number of carbonyl (C=O) groups excluding carboxylic acids is 1. The quantitative estimate of drug-likeness (QED) is 0.690. The van der Waals surface area contributed by atoms with Gasteiger partial charge in [-0.25, -0.2) is 0 Å². The topological polar surface area (TPSA) is 63.5 Å². The fourth-order valence-electron chi connectivity index (χ4n) is 3.28. The number of aromatic nitrogens is 3. The van der Waals surface area contributed by atoms with Crippen molar-refractivity contribution in [2.45, 2.75) is 6.54 Å². The fraction of sp³-hybridized carbons (Fsp3) is 0.316. The number of ether oxygens (including phenoxy) is 1. The van der Waals surface area contributed by atoms with Crippen LogP contribution in [0.4, 0.5) is 5.69 Å². The Balaban J connectivity index is 1.37. The van der Waals surface area contributed by atoms with E-state index in [-0.39, 0.29) is 12.5 Å². The highest BCUT2D eigenvalue weighted by Crippen LogP contribution is 2.29. The smallest absolute Gasteiger partial charge is 0.244 e. The van der Waals surface area contributed by atoms with Crippen LogP contribution in [-0.2, 0) is 11.3 Å². The Morgan fingerprint density at radius 1 is 1.19 bits per heavy atom. The van der Waals surface area contributed by atoms with Crippen molar-refractivity contribution in [1.82, 2.24) is 19.7 Å². The Kier molecular flexibility index (Phi) is 4.85. The molecule has 1 aliphatic heterocycles. The van der Waals surface area contributed by atoms with Gasteiger partial charge in [0.1, 0.15) is 23.3 Å². The summed E-state index contributed by atoms with van der Waals surface area (Å²) in [7, 11) is 1.61. The number of anilines is 1. The molecule has 2 aromatic heterocycles. The molecule has 0 aliphatic carbocycles. The third kappa shape index (κ3) is 3.68. The molecule has 1 aliphatic rings. The standard InChI is InChI=1S/C19H20ClN5O2/c1-27-18-11-14(4-5-15(18)20)23-7-9-24(10-8-23)19(26)13-25-12-17-16(22-25)3-2-6-21-17/h2-6,11-12H,7-10,13H2,1H3. The maximum atomic E-state index is 12.6. The number of halogens is 1. The number of methoxy groups -OCH3 is 1. The highest BCUT2D eigenvalue weighted by Gasteiger charge is 2.22. The second-order valence-electron chi connectivity index (χ2n) is 6.42. The van der Waals surface area contributed by atoms with E-state index in [1.807, 2.05) is 41.4 Å². The molecule has 0 radical (unpaired) electrons. The number of piperazine rings is 1. The largest absolute Gasteiger partial charge is 0.495 e. The van der Waals surface area contributed by atoms with E-state index in [0.29, 0.717) is 23.9 Å². The van der Waals surface area contributed by atoms with Crippen molar-refractivity contribution < 1.29 is 9.53 Å². The van der Waals surface area contributed by atoms with Gasteiger partial charge in [0.25, 0.3) is 0 Å². The van der Waals surface area contributed by atoms with Gasteiger partial charge >= 0.3 is 0 Å². The summed E-state index contributed by atoms with van der Waals surface area (Å²) < 4.78 is 6.95. The summed E-state index contributed by atoms with van der Waals surface area (Å²) in [6.07, 6.45) is 3.53. The molecule has 0 saturated carbocycles. The van der Waals surface area contributed by atoms with Gasteiger partial charge in [-0.15, -0.1) is 0 Å². The van der Waals surface area contributed by atoms with Gasteiger partial charge in [0.2, 0.25) is 5.91 Å². The van der Waals surface area contributed by atoms with Gasteiger partial charge in [-0.1, -0.05) is 11.6 Å². The number of carbonyl (C=O) groups is 1. The van der Waals surface area contributed by atoms with E-state index in [9.17, 15) is 4.79 Å². The minimum atomic E-state index is 0.0659. The maximum absolute atomic E-state index is 12.6. The van der Waals surface area contributed by atoms with E-state index in [4.69, 9.17) is 16.3 Å². The normalized spacial score (nSPS) is 14.6. The monoisotopic (exact) mass is 385 g/mol. The Bertz CT molecular complexity index is 933. The minimum absolute atomic E-state index is 0.0659. The van der Waals surface area contributed by atoms with E-state index >= 15 is 0 Å². The Morgan fingerprint density at radius 2 is 2.00 bits per heavy atom. The van der Waals surface area contributed by atoms with Gasteiger partial charge in [-0.05, 0) is 24.3 Å². The van der Waals surface area contributed by atoms with Crippen molar-refractivity contribution in [2.24, 2.45) is 0 Å². The van der Waals surface area contributed by atoms with Crippen LogP contribution in [0.25, 0.3) is 11.0 Å². The van der Waals surface area contributed by atoms with Crippen LogP contribution in [-0.4, -0.2) is 58.9 Å². The van der Waals surface area contributed by atoms with E-state index in [2.05, 4.69) is 15.0 Å². The molecule has 0 spiro atoms. The predicted octanol–water partition coefficient (Wildman–Crippen LogP) is 2.44. The lowest BCUT2D eigenvalue weighted by molar-refractivity contribution is -0.132. The first kappa shape index (κ1) is 17.6. The Labute approximate surface area is 162 Å². The molecule has 3 heterocycles. The van der Waals surface area contributed by atoms with E-state index < -0.39 is 0 Å². The number of hydrogen-bond acceptors (Lipinski definition) is 5. The van der Waals surface area contributed by atoms with Gasteiger partial charge in [0, 0.05) is 44.1 Å². The number of fused-ring (bicyclic) bond motifs is 1. The zero-order valence-electron chi connectivity index (χ0n) is 15.0. The van der Waals surface area contributed by atoms with Crippen molar-refractivity contribution >= 4 is 34.2 Å². The number of pyridine rings is 1. The molecule has 1 amide bonds. The van der Waals surface area contributed by atoms with Gasteiger partial charge in [0.05, 0.1) is 18.3 Å². The summed E-state index contributed by atoms with van der Waals surface area (Å²) in [6, 6.07) is 9.48. The molecule has 0 N–H and O–H groups in total. The lowest BCUT2D eigenvalue weighted by atomic mass is 10.2. The summed E-state index contributed by atoms with van der Waals surface area (Å²) >= 11 is 6.10. The van der Waals surface area contributed by atoms with Gasteiger partial charge < -0.3 is 14.5 Å². The first-order valence-corrected chi connectivity index (χ1v) is 9.16. The van der Waals surface area contributed by atoms with Gasteiger partial charge in [0.15, 0.2) is 0 Å². The van der Waals surface area contributed by atoms with E-state index in [1.165, 1.54) is 0 Å². The number of amides is 1. The molecule has 1 saturated heterocycles. The highest BCUT2D eigenvalue weighted by atomic mass is 35.5. The van der Waals surface area contributed by atoms with Crippen LogP contribution in [0.2, 0.25) is 5.02 Å². The third-order valence-electron chi connectivity index (χ3n) is 4.75. The number of rotatable bonds is 4. The number of benzene rings is 1. The van der Waals surface area contributed by atoms with Crippen LogP contribution >= 0.6 is 11.6 Å². The summed E-state index contributed by atoms with van der Waals surface area (Å²) in [4.78, 5) is 21.0. The van der Waals surface area contributed by atoms with Crippen molar-refractivity contribution in [1.29, 1.82) is 0 Å². The van der Waals surface area contributed by atoms with Crippen LogP contribution in [0.15, 0.2) is 42.7 Å². The summed E-state index contributed by atoms with van der Waals surface area (Å²) in [6.45, 7) is 3.09. The second kappa shape index (κ2) is 7.44. The van der Waals surface area contributed by atoms with Crippen molar-refractivity contribution in [3.8, 4) is 5.75 Å². The Morgan fingerprint density at radius 3 is 2.74 bits per heavy atom. The molecule has 140 valence electrons. The average molecular weight is 386 g/mol. The lowest BCUT2D eigenvalue weighted by Gasteiger charge is -2.36. The van der Waals surface area contributed by atoms with Crippen molar-refractivity contribution in [3.05, 3.63) is 47.7 Å². The molecular formula is C19H20ClN5O2. The predicted molar refractivity (Wildman–Crippen MR) is 104 cm³/mol. The SMILES string of the molecule is COc1cc(N2CCN(C(=O)Cn3cc4ncccc4n3)CC2)ccc1Cl. The maximum Gasteiger partial charge on any atom is 0.244 e. The molecule has 1 aromatic carbocycles. The summed E-state index contributed by atoms with van der Waals surface area (Å²) in [5, 5.41) is 5.00. The van der Waals surface area contributed by atoms with Crippen LogP contribution in [0.3, 0.4) is 0 Å². The van der Waals surface area contributed by atoms with E-state index in [0.717, 1.165) is 29.8 Å². The first-order valence-electron chi connectivity index (χ1n) is 8.78. The fourth-order valence-corrected chi connectivity index (χ4v) is 3.47. The van der Waals surface area contributed by atoms with Crippen molar-refractivity contribution in [2.75, 3.05) is 38.2 Å². The highest BCUT2D eigenvalue weighted by molar-refractivity contribution is 6.32. The third-order valence-corrected chi connectivity index (χ3v) is 5.07. The second-order valence-corrected chi connectivity index (χ2v) is 6.83. The molecular weight excluding hydrogens is 366 g/mol. The molecule has 3 aromatic rings. The molecule has 0 unspecified atom stereocenters. The minimum Gasteiger partial charge on any atom is -0.495 e. The molecule has 1 fully saturated rings. The van der Waals surface area contributed by atoms with Crippen molar-refractivity contribution in [3.63, 3.8) is 0 Å². The summed E-state index contributed by atoms with van der Waals surface area (Å²) in [5.41, 5.74) is 2.64. The Hall–Kier alpha value is -2.80. The first-order chi connectivity index (χ1) is 13.1. The van der Waals surface area contributed by atoms with Gasteiger partial charge in [-0.3, -0.25) is 14.5 Å². The lowest BCUT2D eigenvalue weighted by Crippen LogP contribution is -2.49. The molecule has 0 bridgehead atoms. The van der Waals surface area contributed by atoms with Gasteiger partial charge in [-0.2, -0.15) is 5.10 Å². The van der Waals surface area contributed by atoms with E-state index in [1.54, 1.807) is 18.0 Å². The zero-order valence-corrected chi connectivity index (χ0v) is 15.8. The van der Waals surface area contributed by atoms with Crippen LogP contribution < -0.4 is 9.64 Å². The molecule has 8 heteroatoms. The van der Waals surface area contributed by atoms with Crippen LogP contribution in [0.5, 0.6) is 5.75 Å². The molecule has 7 nitrogen and oxygen atoms in total. The average Bonchev–Trinajstić information content (AvgIpc) is 3.10. The zero-order chi connectivity index (χ0) is 18.8. The number of nitrogens with zero attached hydrogens (tertiary/aromatic N) is 5. The van der Waals surface area contributed by atoms with Crippen LogP contribution in [0, 0.1) is 0 Å². The molecule has 4 rings (SSSR count). The number of hydrogen-bond donors (Lipinski definition) is 0. The summed E-state index contributed by atoms with van der Waals surface area (Å²) in [5.74, 6) is 0.725.